The molecular formula is C20H25N5. The van der Waals surface area contributed by atoms with Crippen molar-refractivity contribution in [1.82, 2.24) is 19.7 Å². The monoisotopic (exact) mass is 335 g/mol. The normalized spacial score (nSPS) is 21.0. The van der Waals surface area contributed by atoms with E-state index >= 15 is 0 Å². The highest BCUT2D eigenvalue weighted by molar-refractivity contribution is 5.87. The number of hydrogen-bond acceptors (Lipinski definition) is 4. The number of nitrogens with zero attached hydrogens (tertiary/aromatic N) is 5. The van der Waals surface area contributed by atoms with E-state index in [-0.39, 0.29) is 0 Å². The molecule has 4 rings (SSSR count). The van der Waals surface area contributed by atoms with Crippen LogP contribution in [0.3, 0.4) is 0 Å². The number of rotatable bonds is 2. The second kappa shape index (κ2) is 6.14. The molecule has 3 aromatic rings. The molecule has 130 valence electrons. The average Bonchev–Trinajstić information content (AvgIpc) is 2.98. The van der Waals surface area contributed by atoms with E-state index in [1.807, 2.05) is 10.9 Å². The van der Waals surface area contributed by atoms with Crippen LogP contribution in [0, 0.1) is 25.7 Å². The van der Waals surface area contributed by atoms with Gasteiger partial charge in [0, 0.05) is 13.1 Å². The maximum atomic E-state index is 4.64. The maximum Gasteiger partial charge on any atom is 0.168 e. The van der Waals surface area contributed by atoms with Gasteiger partial charge in [0.25, 0.3) is 0 Å². The van der Waals surface area contributed by atoms with Crippen molar-refractivity contribution in [2.45, 2.75) is 34.1 Å². The van der Waals surface area contributed by atoms with Gasteiger partial charge < -0.3 is 4.90 Å². The third-order valence-electron chi connectivity index (χ3n) is 5.09. The van der Waals surface area contributed by atoms with Crippen LogP contribution in [-0.2, 0) is 0 Å². The fraction of sp³-hybridized carbons (Fsp3) is 0.450. The topological polar surface area (TPSA) is 46.8 Å². The van der Waals surface area contributed by atoms with Gasteiger partial charge in [-0.2, -0.15) is 5.10 Å². The Kier molecular flexibility index (Phi) is 3.94. The molecule has 1 aromatic carbocycles. The van der Waals surface area contributed by atoms with E-state index < -0.39 is 0 Å². The lowest BCUT2D eigenvalue weighted by molar-refractivity contribution is 0.356. The number of anilines is 1. The van der Waals surface area contributed by atoms with Crippen LogP contribution in [0.4, 0.5) is 5.82 Å². The molecule has 1 saturated heterocycles. The molecule has 0 spiro atoms. The summed E-state index contributed by atoms with van der Waals surface area (Å²) in [6.45, 7) is 11.0. The molecule has 5 nitrogen and oxygen atoms in total. The minimum atomic E-state index is 0.683. The average molecular weight is 335 g/mol. The van der Waals surface area contributed by atoms with Gasteiger partial charge in [0.05, 0.1) is 17.3 Å². The molecule has 3 heterocycles. The zero-order valence-corrected chi connectivity index (χ0v) is 15.4. The standard InChI is InChI=1S/C20H25N5/c1-13-5-6-18(16(4)8-13)25-20-17(9-23-25)19(21-12-22-20)24-10-14(2)7-15(3)11-24/h5-6,8-9,12,14-15H,7,10-11H2,1-4H3. The Morgan fingerprint density at radius 2 is 1.80 bits per heavy atom. The molecular weight excluding hydrogens is 310 g/mol. The molecule has 1 fully saturated rings. The summed E-state index contributed by atoms with van der Waals surface area (Å²) in [7, 11) is 0. The molecule has 0 aliphatic carbocycles. The van der Waals surface area contributed by atoms with Crippen LogP contribution in [-0.4, -0.2) is 32.8 Å². The van der Waals surface area contributed by atoms with E-state index in [2.05, 4.69) is 65.9 Å². The lowest BCUT2D eigenvalue weighted by atomic mass is 9.92. The summed E-state index contributed by atoms with van der Waals surface area (Å²) in [6, 6.07) is 6.41. The quantitative estimate of drug-likeness (QED) is 0.712. The Labute approximate surface area is 148 Å². The van der Waals surface area contributed by atoms with Crippen LogP contribution in [0.2, 0.25) is 0 Å². The van der Waals surface area contributed by atoms with Crippen LogP contribution < -0.4 is 4.90 Å². The highest BCUT2D eigenvalue weighted by Gasteiger charge is 2.25. The molecule has 0 saturated carbocycles. The Morgan fingerprint density at radius 3 is 2.52 bits per heavy atom. The van der Waals surface area contributed by atoms with Crippen molar-refractivity contribution in [3.05, 3.63) is 41.9 Å². The zero-order valence-electron chi connectivity index (χ0n) is 15.4. The smallest absolute Gasteiger partial charge is 0.168 e. The van der Waals surface area contributed by atoms with E-state index in [4.69, 9.17) is 0 Å². The molecule has 0 N–H and O–H groups in total. The molecule has 2 aromatic heterocycles. The van der Waals surface area contributed by atoms with Crippen molar-refractivity contribution in [1.29, 1.82) is 0 Å². The van der Waals surface area contributed by atoms with Gasteiger partial charge in [0.2, 0.25) is 0 Å². The molecule has 1 aliphatic rings. The van der Waals surface area contributed by atoms with Crippen LogP contribution in [0.25, 0.3) is 16.7 Å². The second-order valence-electron chi connectivity index (χ2n) is 7.63. The van der Waals surface area contributed by atoms with Crippen molar-refractivity contribution < 1.29 is 0 Å². The predicted molar refractivity (Wildman–Crippen MR) is 101 cm³/mol. The van der Waals surface area contributed by atoms with Gasteiger partial charge in [0.1, 0.15) is 12.1 Å². The first-order valence-corrected chi connectivity index (χ1v) is 9.04. The van der Waals surface area contributed by atoms with Crippen LogP contribution in [0.15, 0.2) is 30.7 Å². The summed E-state index contributed by atoms with van der Waals surface area (Å²) in [5.74, 6) is 2.38. The minimum Gasteiger partial charge on any atom is -0.355 e. The zero-order chi connectivity index (χ0) is 17.6. The number of aryl methyl sites for hydroxylation is 2. The second-order valence-corrected chi connectivity index (χ2v) is 7.63. The molecule has 25 heavy (non-hydrogen) atoms. The number of hydrogen-bond donors (Lipinski definition) is 0. The third kappa shape index (κ3) is 2.88. The minimum absolute atomic E-state index is 0.683. The van der Waals surface area contributed by atoms with Gasteiger partial charge in [-0.05, 0) is 43.7 Å². The summed E-state index contributed by atoms with van der Waals surface area (Å²) in [6.07, 6.45) is 4.86. The van der Waals surface area contributed by atoms with E-state index in [9.17, 15) is 0 Å². The molecule has 0 radical (unpaired) electrons. The highest BCUT2D eigenvalue weighted by atomic mass is 15.3. The molecule has 0 bridgehead atoms. The van der Waals surface area contributed by atoms with Crippen LogP contribution in [0.1, 0.15) is 31.4 Å². The summed E-state index contributed by atoms with van der Waals surface area (Å²) in [4.78, 5) is 11.5. The number of piperidine rings is 1. The van der Waals surface area contributed by atoms with E-state index in [1.54, 1.807) is 6.33 Å². The van der Waals surface area contributed by atoms with Gasteiger partial charge in [-0.25, -0.2) is 14.6 Å². The van der Waals surface area contributed by atoms with Crippen LogP contribution in [0.5, 0.6) is 0 Å². The van der Waals surface area contributed by atoms with Gasteiger partial charge in [-0.1, -0.05) is 31.5 Å². The first kappa shape index (κ1) is 16.1. The Morgan fingerprint density at radius 1 is 1.04 bits per heavy atom. The van der Waals surface area contributed by atoms with Crippen molar-refractivity contribution in [3.63, 3.8) is 0 Å². The van der Waals surface area contributed by atoms with Gasteiger partial charge in [-0.15, -0.1) is 0 Å². The fourth-order valence-electron chi connectivity index (χ4n) is 4.14. The first-order chi connectivity index (χ1) is 12.0. The van der Waals surface area contributed by atoms with Gasteiger partial charge >= 0.3 is 0 Å². The van der Waals surface area contributed by atoms with Crippen molar-refractivity contribution in [2.75, 3.05) is 18.0 Å². The maximum absolute atomic E-state index is 4.64. The summed E-state index contributed by atoms with van der Waals surface area (Å²) >= 11 is 0. The van der Waals surface area contributed by atoms with E-state index in [1.165, 1.54) is 17.5 Å². The molecule has 5 heteroatoms. The first-order valence-electron chi connectivity index (χ1n) is 9.04. The van der Waals surface area contributed by atoms with E-state index in [0.29, 0.717) is 11.8 Å². The lowest BCUT2D eigenvalue weighted by Gasteiger charge is -2.35. The van der Waals surface area contributed by atoms with Crippen LogP contribution >= 0.6 is 0 Å². The Balaban J connectivity index is 1.81. The number of aromatic nitrogens is 4. The number of fused-ring (bicyclic) bond motifs is 1. The third-order valence-corrected chi connectivity index (χ3v) is 5.09. The van der Waals surface area contributed by atoms with Crippen molar-refractivity contribution in [2.24, 2.45) is 11.8 Å². The summed E-state index contributed by atoms with van der Waals surface area (Å²) in [5.41, 5.74) is 4.41. The van der Waals surface area contributed by atoms with E-state index in [0.717, 1.165) is 35.6 Å². The predicted octanol–water partition coefficient (Wildman–Crippen LogP) is 3.91. The van der Waals surface area contributed by atoms with Gasteiger partial charge in [0.15, 0.2) is 5.65 Å². The largest absolute Gasteiger partial charge is 0.355 e. The highest BCUT2D eigenvalue weighted by Crippen LogP contribution is 2.30. The Bertz CT molecular complexity index is 904. The molecule has 0 amide bonds. The van der Waals surface area contributed by atoms with Crippen molar-refractivity contribution >= 4 is 16.9 Å². The van der Waals surface area contributed by atoms with Crippen molar-refractivity contribution in [3.8, 4) is 5.69 Å². The lowest BCUT2D eigenvalue weighted by Crippen LogP contribution is -2.39. The summed E-state index contributed by atoms with van der Waals surface area (Å²) < 4.78 is 1.94. The number of benzene rings is 1. The fourth-order valence-corrected chi connectivity index (χ4v) is 4.14. The molecule has 2 atom stereocenters. The summed E-state index contributed by atoms with van der Waals surface area (Å²) in [5, 5.41) is 5.67. The SMILES string of the molecule is Cc1ccc(-n2ncc3c(N4CC(C)CC(C)C4)ncnc32)c(C)c1. The Hall–Kier alpha value is -2.43. The van der Waals surface area contributed by atoms with Gasteiger partial charge in [-0.3, -0.25) is 0 Å². The molecule has 1 aliphatic heterocycles. The molecule has 2 unspecified atom stereocenters.